The van der Waals surface area contributed by atoms with E-state index in [2.05, 4.69) is 15.6 Å². The molecule has 10 heteroatoms. The van der Waals surface area contributed by atoms with Crippen molar-refractivity contribution in [1.82, 2.24) is 20.5 Å². The maximum absolute atomic E-state index is 13.0. The lowest BCUT2D eigenvalue weighted by Crippen LogP contribution is -2.55. The summed E-state index contributed by atoms with van der Waals surface area (Å²) in [5, 5.41) is 24.4. The molecule has 1 aromatic heterocycles. The molecular formula is C23H30N4O5S. The van der Waals surface area contributed by atoms with E-state index in [1.54, 1.807) is 30.7 Å². The Hall–Kier alpha value is -2.98. The second-order valence-corrected chi connectivity index (χ2v) is 9.54. The average molecular weight is 475 g/mol. The van der Waals surface area contributed by atoms with Gasteiger partial charge in [0.2, 0.25) is 11.8 Å². The number of carboxylic acid groups (broad SMARTS) is 1. The number of amides is 3. The van der Waals surface area contributed by atoms with Crippen LogP contribution in [0.15, 0.2) is 29.8 Å². The van der Waals surface area contributed by atoms with E-state index in [0.717, 1.165) is 21.7 Å². The lowest BCUT2D eigenvalue weighted by atomic mass is 10.0. The normalized spacial score (nSPS) is 19.9. The molecule has 33 heavy (non-hydrogen) atoms. The molecule has 178 valence electrons. The van der Waals surface area contributed by atoms with Crippen molar-refractivity contribution >= 4 is 29.2 Å². The van der Waals surface area contributed by atoms with Crippen LogP contribution in [-0.4, -0.2) is 62.7 Å². The van der Waals surface area contributed by atoms with Gasteiger partial charge < -0.3 is 25.7 Å². The third-order valence-electron chi connectivity index (χ3n) is 5.85. The fourth-order valence-electron chi connectivity index (χ4n) is 4.03. The Labute approximate surface area is 196 Å². The minimum absolute atomic E-state index is 0.0152. The highest BCUT2D eigenvalue weighted by atomic mass is 32.1. The van der Waals surface area contributed by atoms with Crippen molar-refractivity contribution in [3.05, 3.63) is 41.0 Å². The monoisotopic (exact) mass is 474 g/mol. The third kappa shape index (κ3) is 5.69. The van der Waals surface area contributed by atoms with Gasteiger partial charge in [0.1, 0.15) is 12.1 Å². The summed E-state index contributed by atoms with van der Waals surface area (Å²) in [6, 6.07) is 5.67. The predicted molar refractivity (Wildman–Crippen MR) is 125 cm³/mol. The number of benzene rings is 1. The van der Waals surface area contributed by atoms with E-state index in [1.165, 1.54) is 4.90 Å². The summed E-state index contributed by atoms with van der Waals surface area (Å²) < 4.78 is 0. The second kappa shape index (κ2) is 10.3. The first kappa shape index (κ1) is 24.7. The molecule has 0 aliphatic carbocycles. The number of hydrogen-bond acceptors (Lipinski definition) is 6. The highest BCUT2D eigenvalue weighted by Crippen LogP contribution is 2.28. The van der Waals surface area contributed by atoms with Gasteiger partial charge in [-0.05, 0) is 30.9 Å². The lowest BCUT2D eigenvalue weighted by molar-refractivity contribution is -0.141. The first-order valence-corrected chi connectivity index (χ1v) is 11.7. The molecule has 0 radical (unpaired) electrons. The number of β-amino-alcohol motifs (C(OH)–C–C–N with tert-alkyl or cyclic N) is 1. The molecule has 4 N–H and O–H groups in total. The molecule has 1 unspecified atom stereocenters. The zero-order valence-electron chi connectivity index (χ0n) is 19.1. The highest BCUT2D eigenvalue weighted by molar-refractivity contribution is 7.13. The van der Waals surface area contributed by atoms with Crippen LogP contribution in [0.3, 0.4) is 0 Å². The molecule has 1 aliphatic rings. The standard InChI is InChI=1S/C23H30N4O5S/c1-12(2)19(26-23(31)32)22(30)27-10-17(28)9-18(27)21(29)25-13(3)15-5-7-16(8-6-15)20-14(4)24-11-33-20/h5-8,11-13,17-19,26,28H,9-10H2,1-4H3,(H,25,29)(H,31,32)/t13-,17+,18-,19?/m0/s1. The number of likely N-dealkylation sites (tertiary alicyclic amines) is 1. The Morgan fingerprint density at radius 2 is 1.82 bits per heavy atom. The van der Waals surface area contributed by atoms with Gasteiger partial charge in [0.05, 0.1) is 28.2 Å². The van der Waals surface area contributed by atoms with Crippen LogP contribution in [0.25, 0.3) is 10.4 Å². The zero-order chi connectivity index (χ0) is 24.3. The number of aliphatic hydroxyl groups excluding tert-OH is 1. The SMILES string of the molecule is Cc1ncsc1-c1ccc([C@H](C)NC(=O)[C@@H]2C[C@@H](O)CN2C(=O)C(NC(=O)O)C(C)C)cc1. The van der Waals surface area contributed by atoms with Crippen molar-refractivity contribution < 1.29 is 24.6 Å². The molecule has 2 aromatic rings. The fourth-order valence-corrected chi connectivity index (χ4v) is 4.84. The van der Waals surface area contributed by atoms with Gasteiger partial charge in [0.25, 0.3) is 0 Å². The van der Waals surface area contributed by atoms with Gasteiger partial charge in [0.15, 0.2) is 0 Å². The van der Waals surface area contributed by atoms with E-state index in [4.69, 9.17) is 5.11 Å². The van der Waals surface area contributed by atoms with Crippen molar-refractivity contribution in [3.63, 3.8) is 0 Å². The van der Waals surface area contributed by atoms with Crippen LogP contribution in [0, 0.1) is 12.8 Å². The van der Waals surface area contributed by atoms with Gasteiger partial charge in [-0.1, -0.05) is 38.1 Å². The maximum Gasteiger partial charge on any atom is 0.405 e. The number of aromatic nitrogens is 1. The summed E-state index contributed by atoms with van der Waals surface area (Å²) in [4.78, 5) is 43.8. The summed E-state index contributed by atoms with van der Waals surface area (Å²) in [7, 11) is 0. The molecule has 3 amide bonds. The highest BCUT2D eigenvalue weighted by Gasteiger charge is 2.42. The van der Waals surface area contributed by atoms with Crippen LogP contribution in [0.1, 0.15) is 44.5 Å². The van der Waals surface area contributed by atoms with Gasteiger partial charge in [-0.15, -0.1) is 11.3 Å². The van der Waals surface area contributed by atoms with Gasteiger partial charge in [-0.2, -0.15) is 0 Å². The van der Waals surface area contributed by atoms with E-state index in [9.17, 15) is 19.5 Å². The molecule has 4 atom stereocenters. The minimum atomic E-state index is -1.31. The summed E-state index contributed by atoms with van der Waals surface area (Å²) in [5.41, 5.74) is 4.73. The van der Waals surface area contributed by atoms with Crippen molar-refractivity contribution in [1.29, 1.82) is 0 Å². The lowest BCUT2D eigenvalue weighted by Gasteiger charge is -2.30. The van der Waals surface area contributed by atoms with E-state index >= 15 is 0 Å². The molecule has 1 fully saturated rings. The summed E-state index contributed by atoms with van der Waals surface area (Å²) >= 11 is 1.57. The topological polar surface area (TPSA) is 132 Å². The summed E-state index contributed by atoms with van der Waals surface area (Å²) in [5.74, 6) is -1.21. The Bertz CT molecular complexity index is 1010. The zero-order valence-corrected chi connectivity index (χ0v) is 19.9. The molecule has 2 heterocycles. The Balaban J connectivity index is 1.70. The number of carbonyl (C=O) groups is 3. The molecular weight excluding hydrogens is 444 g/mol. The number of rotatable bonds is 7. The molecule has 0 spiro atoms. The predicted octanol–water partition coefficient (Wildman–Crippen LogP) is 2.55. The first-order chi connectivity index (χ1) is 15.6. The molecule has 1 saturated heterocycles. The van der Waals surface area contributed by atoms with Crippen molar-refractivity contribution in [2.75, 3.05) is 6.54 Å². The molecule has 1 aliphatic heterocycles. The fraction of sp³-hybridized carbons (Fsp3) is 0.478. The number of nitrogens with zero attached hydrogens (tertiary/aromatic N) is 2. The van der Waals surface area contributed by atoms with Gasteiger partial charge >= 0.3 is 6.09 Å². The summed E-state index contributed by atoms with van der Waals surface area (Å²) in [6.07, 6.45) is -2.06. The minimum Gasteiger partial charge on any atom is -0.465 e. The summed E-state index contributed by atoms with van der Waals surface area (Å²) in [6.45, 7) is 7.24. The Morgan fingerprint density at radius 1 is 1.15 bits per heavy atom. The van der Waals surface area contributed by atoms with Gasteiger partial charge in [0, 0.05) is 13.0 Å². The Morgan fingerprint density at radius 3 is 2.36 bits per heavy atom. The van der Waals surface area contributed by atoms with Crippen LogP contribution >= 0.6 is 11.3 Å². The molecule has 0 bridgehead atoms. The van der Waals surface area contributed by atoms with E-state index < -0.39 is 30.2 Å². The maximum atomic E-state index is 13.0. The molecule has 9 nitrogen and oxygen atoms in total. The average Bonchev–Trinajstić information content (AvgIpc) is 3.36. The van der Waals surface area contributed by atoms with Gasteiger partial charge in [-0.25, -0.2) is 9.78 Å². The largest absolute Gasteiger partial charge is 0.465 e. The smallest absolute Gasteiger partial charge is 0.405 e. The van der Waals surface area contributed by atoms with Crippen LogP contribution in [0.2, 0.25) is 0 Å². The molecule has 3 rings (SSSR count). The number of thiazole rings is 1. The second-order valence-electron chi connectivity index (χ2n) is 8.69. The number of aliphatic hydroxyl groups is 1. The van der Waals surface area contributed by atoms with Crippen LogP contribution in [0.5, 0.6) is 0 Å². The number of hydrogen-bond donors (Lipinski definition) is 4. The van der Waals surface area contributed by atoms with Crippen LogP contribution in [0.4, 0.5) is 4.79 Å². The Kier molecular flexibility index (Phi) is 7.70. The first-order valence-electron chi connectivity index (χ1n) is 10.9. The number of aryl methyl sites for hydroxylation is 1. The molecule has 0 saturated carbocycles. The van der Waals surface area contributed by atoms with Crippen molar-refractivity contribution in [2.24, 2.45) is 5.92 Å². The number of carbonyl (C=O) groups excluding carboxylic acids is 2. The van der Waals surface area contributed by atoms with E-state index in [0.29, 0.717) is 0 Å². The molecule has 1 aromatic carbocycles. The van der Waals surface area contributed by atoms with E-state index in [-0.39, 0.29) is 30.8 Å². The van der Waals surface area contributed by atoms with Crippen molar-refractivity contribution in [2.45, 2.75) is 58.3 Å². The third-order valence-corrected chi connectivity index (χ3v) is 6.83. The van der Waals surface area contributed by atoms with Crippen LogP contribution in [-0.2, 0) is 9.59 Å². The van der Waals surface area contributed by atoms with Gasteiger partial charge in [-0.3, -0.25) is 9.59 Å². The van der Waals surface area contributed by atoms with Crippen molar-refractivity contribution in [3.8, 4) is 10.4 Å². The van der Waals surface area contributed by atoms with Crippen LogP contribution < -0.4 is 10.6 Å². The quantitative estimate of drug-likeness (QED) is 0.488. The number of nitrogens with one attached hydrogen (secondary N) is 2. The van der Waals surface area contributed by atoms with E-state index in [1.807, 2.05) is 38.1 Å².